The van der Waals surface area contributed by atoms with Crippen molar-refractivity contribution in [2.75, 3.05) is 19.6 Å². The molecule has 0 heterocycles. The maximum absolute atomic E-state index is 11.3. The van der Waals surface area contributed by atoms with Crippen molar-refractivity contribution >= 4 is 5.91 Å². The first-order valence-corrected chi connectivity index (χ1v) is 7.41. The number of rotatable bonds is 5. The second-order valence-electron chi connectivity index (χ2n) is 6.67. The summed E-state index contributed by atoms with van der Waals surface area (Å²) in [5, 5.41) is 6.09. The van der Waals surface area contributed by atoms with E-state index in [1.165, 1.54) is 25.7 Å². The molecule has 0 radical (unpaired) electrons. The lowest BCUT2D eigenvalue weighted by atomic mass is 9.70. The molecule has 0 aliphatic heterocycles. The van der Waals surface area contributed by atoms with Gasteiger partial charge in [0.25, 0.3) is 0 Å². The van der Waals surface area contributed by atoms with Gasteiger partial charge in [0.15, 0.2) is 0 Å². The lowest BCUT2D eigenvalue weighted by molar-refractivity contribution is -0.120. The van der Waals surface area contributed by atoms with Crippen LogP contribution in [0.2, 0.25) is 0 Å². The van der Waals surface area contributed by atoms with E-state index in [-0.39, 0.29) is 5.91 Å². The summed E-state index contributed by atoms with van der Waals surface area (Å²) in [5.74, 6) is 1.75. The second-order valence-corrected chi connectivity index (χ2v) is 6.67. The van der Waals surface area contributed by atoms with Crippen molar-refractivity contribution in [3.8, 4) is 0 Å². The normalized spacial score (nSPS) is 24.9. The maximum Gasteiger partial charge on any atom is 0.233 e. The van der Waals surface area contributed by atoms with E-state index in [4.69, 9.17) is 0 Å². The van der Waals surface area contributed by atoms with Crippen molar-refractivity contribution in [2.45, 2.75) is 53.4 Å². The van der Waals surface area contributed by atoms with Gasteiger partial charge in [-0.2, -0.15) is 0 Å². The minimum absolute atomic E-state index is 0.112. The van der Waals surface area contributed by atoms with Crippen LogP contribution in [0.4, 0.5) is 0 Å². The monoisotopic (exact) mass is 254 g/mol. The van der Waals surface area contributed by atoms with E-state index in [9.17, 15) is 4.79 Å². The molecular weight excluding hydrogens is 224 g/mol. The molecule has 3 nitrogen and oxygen atoms in total. The van der Waals surface area contributed by atoms with E-state index in [1.807, 2.05) is 6.92 Å². The summed E-state index contributed by atoms with van der Waals surface area (Å²) in [5.41, 5.74) is 0.458. The number of amides is 1. The molecule has 0 aromatic heterocycles. The molecule has 0 unspecified atom stereocenters. The molecule has 18 heavy (non-hydrogen) atoms. The SMILES string of the molecule is CCNC(=O)CNCC1CCC(C(C)(C)C)CC1. The van der Waals surface area contributed by atoms with Gasteiger partial charge in [0.05, 0.1) is 6.54 Å². The Morgan fingerprint density at radius 1 is 1.17 bits per heavy atom. The molecule has 1 aliphatic rings. The average Bonchev–Trinajstić information content (AvgIpc) is 2.29. The van der Waals surface area contributed by atoms with Crippen molar-refractivity contribution in [2.24, 2.45) is 17.3 Å². The van der Waals surface area contributed by atoms with Gasteiger partial charge < -0.3 is 10.6 Å². The van der Waals surface area contributed by atoms with Gasteiger partial charge in [-0.05, 0) is 56.4 Å². The van der Waals surface area contributed by atoms with E-state index in [2.05, 4.69) is 31.4 Å². The summed E-state index contributed by atoms with van der Waals surface area (Å²) in [6, 6.07) is 0. The van der Waals surface area contributed by atoms with Crippen LogP contribution < -0.4 is 10.6 Å². The predicted octanol–water partition coefficient (Wildman–Crippen LogP) is 2.56. The Balaban J connectivity index is 2.14. The Hall–Kier alpha value is -0.570. The zero-order chi connectivity index (χ0) is 13.6. The Morgan fingerprint density at radius 2 is 1.78 bits per heavy atom. The highest BCUT2D eigenvalue weighted by Gasteiger charge is 2.29. The Kier molecular flexibility index (Phi) is 6.13. The molecule has 106 valence electrons. The summed E-state index contributed by atoms with van der Waals surface area (Å²) in [4.78, 5) is 11.3. The highest BCUT2D eigenvalue weighted by atomic mass is 16.1. The summed E-state index contributed by atoms with van der Waals surface area (Å²) < 4.78 is 0. The fourth-order valence-electron chi connectivity index (χ4n) is 2.88. The van der Waals surface area contributed by atoms with Crippen molar-refractivity contribution < 1.29 is 4.79 Å². The molecule has 0 spiro atoms. The van der Waals surface area contributed by atoms with Crippen LogP contribution in [0.1, 0.15) is 53.4 Å². The molecule has 0 atom stereocenters. The zero-order valence-electron chi connectivity index (χ0n) is 12.5. The first kappa shape index (κ1) is 15.5. The van der Waals surface area contributed by atoms with E-state index >= 15 is 0 Å². The summed E-state index contributed by atoms with van der Waals surface area (Å²) >= 11 is 0. The molecule has 1 aliphatic carbocycles. The van der Waals surface area contributed by atoms with Crippen LogP contribution in [0.3, 0.4) is 0 Å². The van der Waals surface area contributed by atoms with Crippen molar-refractivity contribution in [1.82, 2.24) is 10.6 Å². The topological polar surface area (TPSA) is 41.1 Å². The number of hydrogen-bond acceptors (Lipinski definition) is 2. The fourth-order valence-corrected chi connectivity index (χ4v) is 2.88. The molecule has 0 saturated heterocycles. The van der Waals surface area contributed by atoms with Crippen molar-refractivity contribution in [3.63, 3.8) is 0 Å². The molecular formula is C15H30N2O. The molecule has 0 bridgehead atoms. The Morgan fingerprint density at radius 3 is 2.28 bits per heavy atom. The quantitative estimate of drug-likeness (QED) is 0.791. The first-order chi connectivity index (χ1) is 8.43. The van der Waals surface area contributed by atoms with Crippen LogP contribution in [0.15, 0.2) is 0 Å². The van der Waals surface area contributed by atoms with Gasteiger partial charge in [-0.3, -0.25) is 4.79 Å². The fraction of sp³-hybridized carbons (Fsp3) is 0.933. The van der Waals surface area contributed by atoms with Crippen molar-refractivity contribution in [3.05, 3.63) is 0 Å². The van der Waals surface area contributed by atoms with Crippen LogP contribution in [0.5, 0.6) is 0 Å². The number of likely N-dealkylation sites (N-methyl/N-ethyl adjacent to an activating group) is 1. The zero-order valence-corrected chi connectivity index (χ0v) is 12.5. The molecule has 0 aromatic carbocycles. The summed E-state index contributed by atoms with van der Waals surface area (Å²) in [6.45, 7) is 11.2. The second kappa shape index (κ2) is 7.13. The summed E-state index contributed by atoms with van der Waals surface area (Å²) in [6.07, 6.45) is 5.31. The third kappa shape index (κ3) is 5.38. The lowest BCUT2D eigenvalue weighted by Gasteiger charge is -2.37. The molecule has 2 N–H and O–H groups in total. The minimum atomic E-state index is 0.112. The average molecular weight is 254 g/mol. The van der Waals surface area contributed by atoms with Crippen LogP contribution in [-0.4, -0.2) is 25.5 Å². The Bertz CT molecular complexity index is 250. The third-order valence-corrected chi connectivity index (χ3v) is 4.16. The standard InChI is InChI=1S/C15H30N2O/c1-5-17-14(18)11-16-10-12-6-8-13(9-7-12)15(2,3)4/h12-13,16H,5-11H2,1-4H3,(H,17,18). The van der Waals surface area contributed by atoms with Gasteiger partial charge in [0.2, 0.25) is 5.91 Å². The van der Waals surface area contributed by atoms with E-state index in [0.717, 1.165) is 24.9 Å². The number of carbonyl (C=O) groups excluding carboxylic acids is 1. The first-order valence-electron chi connectivity index (χ1n) is 7.41. The van der Waals surface area contributed by atoms with Gasteiger partial charge in [-0.1, -0.05) is 20.8 Å². The van der Waals surface area contributed by atoms with Crippen LogP contribution >= 0.6 is 0 Å². The summed E-state index contributed by atoms with van der Waals surface area (Å²) in [7, 11) is 0. The van der Waals surface area contributed by atoms with Gasteiger partial charge in [-0.25, -0.2) is 0 Å². The van der Waals surface area contributed by atoms with Crippen molar-refractivity contribution in [1.29, 1.82) is 0 Å². The molecule has 3 heteroatoms. The molecule has 1 saturated carbocycles. The van der Waals surface area contributed by atoms with E-state index in [0.29, 0.717) is 12.0 Å². The smallest absolute Gasteiger partial charge is 0.233 e. The Labute approximate surface area is 112 Å². The van der Waals surface area contributed by atoms with Crippen LogP contribution in [0.25, 0.3) is 0 Å². The van der Waals surface area contributed by atoms with E-state index in [1.54, 1.807) is 0 Å². The predicted molar refractivity (Wildman–Crippen MR) is 76.5 cm³/mol. The number of hydrogen-bond donors (Lipinski definition) is 2. The van der Waals surface area contributed by atoms with Gasteiger partial charge >= 0.3 is 0 Å². The van der Waals surface area contributed by atoms with Gasteiger partial charge in [0.1, 0.15) is 0 Å². The molecule has 1 fully saturated rings. The number of nitrogens with one attached hydrogen (secondary N) is 2. The third-order valence-electron chi connectivity index (χ3n) is 4.16. The highest BCUT2D eigenvalue weighted by Crippen LogP contribution is 2.39. The van der Waals surface area contributed by atoms with Crippen LogP contribution in [0, 0.1) is 17.3 Å². The largest absolute Gasteiger partial charge is 0.355 e. The minimum Gasteiger partial charge on any atom is -0.355 e. The highest BCUT2D eigenvalue weighted by molar-refractivity contribution is 5.77. The number of carbonyl (C=O) groups is 1. The molecule has 0 aromatic rings. The van der Waals surface area contributed by atoms with Crippen LogP contribution in [-0.2, 0) is 4.79 Å². The van der Waals surface area contributed by atoms with Gasteiger partial charge in [-0.15, -0.1) is 0 Å². The molecule has 1 amide bonds. The molecule has 1 rings (SSSR count). The van der Waals surface area contributed by atoms with E-state index < -0.39 is 0 Å². The maximum atomic E-state index is 11.3. The lowest BCUT2D eigenvalue weighted by Crippen LogP contribution is -2.37. The van der Waals surface area contributed by atoms with Gasteiger partial charge in [0, 0.05) is 6.54 Å².